The summed E-state index contributed by atoms with van der Waals surface area (Å²) >= 11 is 0. The summed E-state index contributed by atoms with van der Waals surface area (Å²) in [5, 5.41) is 15.5. The van der Waals surface area contributed by atoms with Gasteiger partial charge in [-0.3, -0.25) is 4.79 Å². The number of benzene rings is 1. The number of esters is 1. The van der Waals surface area contributed by atoms with Crippen molar-refractivity contribution >= 4 is 16.9 Å². The third-order valence-corrected chi connectivity index (χ3v) is 7.39. The van der Waals surface area contributed by atoms with Crippen LogP contribution in [0, 0.1) is 0 Å². The molecule has 7 heteroatoms. The monoisotopic (exact) mass is 431 g/mol. The number of fused-ring (bicyclic) bond motifs is 5. The van der Waals surface area contributed by atoms with Gasteiger partial charge < -0.3 is 19.7 Å². The Bertz CT molecular complexity index is 1390. The van der Waals surface area contributed by atoms with Crippen molar-refractivity contribution in [2.24, 2.45) is 0 Å². The minimum atomic E-state index is -1.80. The average Bonchev–Trinajstić information content (AvgIpc) is 3.18. The molecule has 3 aromatic rings. The minimum Gasteiger partial charge on any atom is -0.458 e. The quantitative estimate of drug-likeness (QED) is 0.484. The van der Waals surface area contributed by atoms with Crippen molar-refractivity contribution in [2.45, 2.75) is 57.9 Å². The molecule has 0 amide bonds. The zero-order valence-corrected chi connectivity index (χ0v) is 18.2. The first-order valence-corrected chi connectivity index (χ1v) is 11.3. The molecule has 0 unspecified atom stereocenters. The standard InChI is InChI=1S/C25H25N3O4/c1-3-25(31)18-9-20-22-16(11-28(20)23(29)17(18)12-32-24(25)30)15-6-4-5-14-13(10-26-2)7-8-19(27-22)21(14)15/h7-9,26,31H,3-6,10-12H2,1-2H3/t25-/m0/s1. The van der Waals surface area contributed by atoms with E-state index in [1.807, 2.05) is 7.05 Å². The zero-order chi connectivity index (χ0) is 22.2. The number of cyclic esters (lactones) is 1. The average molecular weight is 431 g/mol. The molecule has 1 aromatic carbocycles. The highest BCUT2D eigenvalue weighted by Crippen LogP contribution is 2.42. The molecule has 2 aromatic heterocycles. The summed E-state index contributed by atoms with van der Waals surface area (Å²) < 4.78 is 6.90. The summed E-state index contributed by atoms with van der Waals surface area (Å²) in [6.07, 6.45) is 3.20. The van der Waals surface area contributed by atoms with E-state index in [9.17, 15) is 14.7 Å². The Labute approximate surface area is 185 Å². The van der Waals surface area contributed by atoms with Crippen molar-refractivity contribution in [2.75, 3.05) is 7.05 Å². The SMILES string of the molecule is CC[C@@]1(O)C(=O)OCc2c1cc1n(c2=O)Cc2c-1nc1ccc(CNC)c3c1c2CCC3. The molecule has 0 fully saturated rings. The Morgan fingerprint density at radius 2 is 2.00 bits per heavy atom. The van der Waals surface area contributed by atoms with Crippen LogP contribution in [0.1, 0.15) is 53.1 Å². The Balaban J connectivity index is 1.63. The molecule has 6 rings (SSSR count). The van der Waals surface area contributed by atoms with Crippen molar-refractivity contribution in [3.05, 3.63) is 61.9 Å². The van der Waals surface area contributed by atoms with Gasteiger partial charge in [-0.1, -0.05) is 13.0 Å². The van der Waals surface area contributed by atoms with Gasteiger partial charge in [0.2, 0.25) is 0 Å². The maximum Gasteiger partial charge on any atom is 0.343 e. The van der Waals surface area contributed by atoms with E-state index in [2.05, 4.69) is 17.4 Å². The molecular weight excluding hydrogens is 406 g/mol. The van der Waals surface area contributed by atoms with Crippen molar-refractivity contribution in [3.63, 3.8) is 0 Å². The number of rotatable bonds is 3. The lowest BCUT2D eigenvalue weighted by Gasteiger charge is -2.31. The van der Waals surface area contributed by atoms with E-state index in [4.69, 9.17) is 9.72 Å². The Morgan fingerprint density at radius 3 is 2.78 bits per heavy atom. The minimum absolute atomic E-state index is 0.105. The second kappa shape index (κ2) is 6.73. The van der Waals surface area contributed by atoms with Crippen LogP contribution in [0.4, 0.5) is 0 Å². The van der Waals surface area contributed by atoms with Gasteiger partial charge in [-0.2, -0.15) is 0 Å². The molecule has 2 N–H and O–H groups in total. The Morgan fingerprint density at radius 1 is 1.19 bits per heavy atom. The topological polar surface area (TPSA) is 93.5 Å². The summed E-state index contributed by atoms with van der Waals surface area (Å²) in [7, 11) is 1.96. The summed E-state index contributed by atoms with van der Waals surface area (Å²) in [4.78, 5) is 30.8. The highest BCUT2D eigenvalue weighted by atomic mass is 16.6. The normalized spacial score (nSPS) is 20.7. The molecule has 0 spiro atoms. The molecule has 0 bridgehead atoms. The molecule has 164 valence electrons. The second-order valence-corrected chi connectivity index (χ2v) is 9.00. The number of aromatic nitrogens is 2. The van der Waals surface area contributed by atoms with Gasteiger partial charge in [0.25, 0.3) is 5.56 Å². The fraction of sp³-hybridized carbons (Fsp3) is 0.400. The van der Waals surface area contributed by atoms with Gasteiger partial charge in [-0.25, -0.2) is 9.78 Å². The molecule has 3 aliphatic rings. The fourth-order valence-corrected chi connectivity index (χ4v) is 5.74. The number of hydrogen-bond donors (Lipinski definition) is 2. The molecule has 0 saturated carbocycles. The van der Waals surface area contributed by atoms with Crippen molar-refractivity contribution < 1.29 is 14.6 Å². The third kappa shape index (κ3) is 2.40. The van der Waals surface area contributed by atoms with Crippen LogP contribution in [0.15, 0.2) is 23.0 Å². The number of pyridine rings is 2. The van der Waals surface area contributed by atoms with Crippen LogP contribution in [-0.2, 0) is 47.7 Å². The number of aliphatic hydroxyl groups is 1. The number of carbonyl (C=O) groups excluding carboxylic acids is 1. The highest BCUT2D eigenvalue weighted by molar-refractivity contribution is 5.92. The van der Waals surface area contributed by atoms with Crippen LogP contribution < -0.4 is 10.9 Å². The highest BCUT2D eigenvalue weighted by Gasteiger charge is 2.45. The molecule has 32 heavy (non-hydrogen) atoms. The lowest BCUT2D eigenvalue weighted by Crippen LogP contribution is -2.44. The van der Waals surface area contributed by atoms with Crippen LogP contribution >= 0.6 is 0 Å². The predicted octanol–water partition coefficient (Wildman–Crippen LogP) is 2.29. The van der Waals surface area contributed by atoms with Crippen molar-refractivity contribution in [3.8, 4) is 11.4 Å². The van der Waals surface area contributed by atoms with Crippen molar-refractivity contribution in [1.29, 1.82) is 0 Å². The molecule has 1 aliphatic carbocycles. The number of nitrogens with zero attached hydrogens (tertiary/aromatic N) is 2. The van der Waals surface area contributed by atoms with Crippen LogP contribution in [0.3, 0.4) is 0 Å². The molecule has 4 heterocycles. The maximum atomic E-state index is 13.4. The van der Waals surface area contributed by atoms with Crippen LogP contribution in [-0.4, -0.2) is 27.7 Å². The number of hydrogen-bond acceptors (Lipinski definition) is 6. The third-order valence-electron chi connectivity index (χ3n) is 7.39. The largest absolute Gasteiger partial charge is 0.458 e. The van der Waals surface area contributed by atoms with Gasteiger partial charge >= 0.3 is 5.97 Å². The summed E-state index contributed by atoms with van der Waals surface area (Å²) in [5.74, 6) is -0.696. The lowest BCUT2D eigenvalue weighted by atomic mass is 9.84. The van der Waals surface area contributed by atoms with Crippen LogP contribution in [0.25, 0.3) is 22.3 Å². The van der Waals surface area contributed by atoms with E-state index >= 15 is 0 Å². The van der Waals surface area contributed by atoms with Gasteiger partial charge in [0.1, 0.15) is 6.61 Å². The lowest BCUT2D eigenvalue weighted by molar-refractivity contribution is -0.172. The van der Waals surface area contributed by atoms with Crippen LogP contribution in [0.5, 0.6) is 0 Å². The van der Waals surface area contributed by atoms with E-state index in [-0.39, 0.29) is 18.6 Å². The summed E-state index contributed by atoms with van der Waals surface area (Å²) in [6, 6.07) is 6.00. The molecular formula is C25H25N3O4. The first-order valence-electron chi connectivity index (χ1n) is 11.3. The van der Waals surface area contributed by atoms with E-state index in [0.29, 0.717) is 23.4 Å². The fourth-order valence-electron chi connectivity index (χ4n) is 5.74. The van der Waals surface area contributed by atoms with Gasteiger partial charge in [0.15, 0.2) is 5.60 Å². The smallest absolute Gasteiger partial charge is 0.343 e. The molecule has 2 aliphatic heterocycles. The molecule has 0 saturated heterocycles. The first-order chi connectivity index (χ1) is 15.5. The number of aryl methyl sites for hydroxylation is 2. The number of ether oxygens (including phenoxy) is 1. The number of carbonyl (C=O) groups is 1. The Kier molecular flexibility index (Phi) is 4.13. The number of nitrogens with one attached hydrogen (secondary N) is 1. The van der Waals surface area contributed by atoms with Gasteiger partial charge in [-0.15, -0.1) is 0 Å². The Hall–Kier alpha value is -3.03. The van der Waals surface area contributed by atoms with Crippen molar-refractivity contribution in [1.82, 2.24) is 14.9 Å². The molecule has 0 radical (unpaired) electrons. The zero-order valence-electron chi connectivity index (χ0n) is 18.2. The maximum absolute atomic E-state index is 13.4. The van der Waals surface area contributed by atoms with Gasteiger partial charge in [0, 0.05) is 23.1 Å². The first kappa shape index (κ1) is 19.6. The van der Waals surface area contributed by atoms with Gasteiger partial charge in [-0.05, 0) is 61.6 Å². The van der Waals surface area contributed by atoms with Crippen LogP contribution in [0.2, 0.25) is 0 Å². The van der Waals surface area contributed by atoms with E-state index in [1.165, 1.54) is 22.1 Å². The summed E-state index contributed by atoms with van der Waals surface area (Å²) in [6.45, 7) is 2.89. The second-order valence-electron chi connectivity index (χ2n) is 9.00. The van der Waals surface area contributed by atoms with E-state index < -0.39 is 11.6 Å². The predicted molar refractivity (Wildman–Crippen MR) is 119 cm³/mol. The van der Waals surface area contributed by atoms with Gasteiger partial charge in [0.05, 0.1) is 29.0 Å². The summed E-state index contributed by atoms with van der Waals surface area (Å²) in [5.41, 5.74) is 6.15. The van der Waals surface area contributed by atoms with E-state index in [0.717, 1.165) is 42.6 Å². The molecule has 1 atom stereocenters. The molecule has 7 nitrogen and oxygen atoms in total. The van der Waals surface area contributed by atoms with E-state index in [1.54, 1.807) is 17.6 Å².